The van der Waals surface area contributed by atoms with Crippen LogP contribution in [0, 0.1) is 0 Å². The molecule has 11 heteroatoms. The van der Waals surface area contributed by atoms with Gasteiger partial charge in [-0.15, -0.1) is 0 Å². The molecule has 1 saturated heterocycles. The Morgan fingerprint density at radius 3 is 2.46 bits per heavy atom. The number of hydrogen-bond donors (Lipinski definition) is 0. The molecular weight excluding hydrogens is 472 g/mol. The summed E-state index contributed by atoms with van der Waals surface area (Å²) in [5, 5.41) is 0. The number of carbonyl (C=O) groups excluding carboxylic acids is 1. The van der Waals surface area contributed by atoms with Crippen molar-refractivity contribution in [3.8, 4) is 11.6 Å². The van der Waals surface area contributed by atoms with Crippen molar-refractivity contribution < 1.29 is 27.4 Å². The summed E-state index contributed by atoms with van der Waals surface area (Å²) in [6.07, 6.45) is 4.16. The molecule has 0 saturated carbocycles. The van der Waals surface area contributed by atoms with Crippen LogP contribution >= 0.6 is 0 Å². The Bertz CT molecular complexity index is 1200. The summed E-state index contributed by atoms with van der Waals surface area (Å²) in [5.41, 5.74) is 1.28. The fourth-order valence-electron chi connectivity index (χ4n) is 4.27. The second kappa shape index (κ2) is 9.52. The third-order valence-electron chi connectivity index (χ3n) is 5.96. The lowest BCUT2D eigenvalue weighted by Gasteiger charge is -2.33. The van der Waals surface area contributed by atoms with Crippen LogP contribution in [0.1, 0.15) is 39.2 Å². The molecule has 0 atom stereocenters. The molecule has 4 rings (SSSR count). The molecule has 2 aliphatic rings. The highest BCUT2D eigenvalue weighted by Gasteiger charge is 2.31. The molecule has 0 N–H and O–H groups in total. The molecule has 0 unspecified atom stereocenters. The molecule has 0 aliphatic carbocycles. The molecule has 1 fully saturated rings. The highest BCUT2D eigenvalue weighted by molar-refractivity contribution is 7.90. The van der Waals surface area contributed by atoms with Gasteiger partial charge in [-0.25, -0.2) is 18.2 Å². The van der Waals surface area contributed by atoms with Crippen molar-refractivity contribution in [3.63, 3.8) is 0 Å². The van der Waals surface area contributed by atoms with Crippen molar-refractivity contribution in [2.24, 2.45) is 0 Å². The SMILES string of the molecule is COc1c(OC2CCN(C(=O)OC(C)(C)C)CC2)ncnc1N1CCc2cc(S(C)(=O)=O)ccc21. The number of carbonyl (C=O) groups is 1. The van der Waals surface area contributed by atoms with Gasteiger partial charge in [-0.2, -0.15) is 4.98 Å². The van der Waals surface area contributed by atoms with Crippen LogP contribution in [-0.4, -0.2) is 74.1 Å². The van der Waals surface area contributed by atoms with E-state index >= 15 is 0 Å². The van der Waals surface area contributed by atoms with Gasteiger partial charge in [-0.1, -0.05) is 0 Å². The minimum absolute atomic E-state index is 0.131. The fraction of sp³-hybridized carbons (Fsp3) is 0.542. The maximum absolute atomic E-state index is 12.3. The maximum atomic E-state index is 12.3. The number of hydrogen-bond acceptors (Lipinski definition) is 9. The van der Waals surface area contributed by atoms with Crippen LogP contribution in [0.3, 0.4) is 0 Å². The van der Waals surface area contributed by atoms with Gasteiger partial charge in [-0.3, -0.25) is 0 Å². The van der Waals surface area contributed by atoms with E-state index in [4.69, 9.17) is 14.2 Å². The minimum atomic E-state index is -3.28. The molecule has 190 valence electrons. The Kier molecular flexibility index (Phi) is 6.81. The normalized spacial score (nSPS) is 16.7. The van der Waals surface area contributed by atoms with Crippen molar-refractivity contribution in [2.45, 2.75) is 56.6 Å². The number of piperidine rings is 1. The summed E-state index contributed by atoms with van der Waals surface area (Å²) in [6, 6.07) is 5.12. The van der Waals surface area contributed by atoms with Gasteiger partial charge < -0.3 is 24.0 Å². The number of likely N-dealkylation sites (tertiary alicyclic amines) is 1. The number of rotatable bonds is 5. The molecule has 1 aromatic heterocycles. The maximum Gasteiger partial charge on any atom is 0.410 e. The highest BCUT2D eigenvalue weighted by atomic mass is 32.2. The average molecular weight is 505 g/mol. The van der Waals surface area contributed by atoms with Crippen LogP contribution in [0.15, 0.2) is 29.4 Å². The van der Waals surface area contributed by atoms with E-state index in [9.17, 15) is 13.2 Å². The number of methoxy groups -OCH3 is 1. The van der Waals surface area contributed by atoms with Gasteiger partial charge in [0.1, 0.15) is 18.0 Å². The number of amides is 1. The van der Waals surface area contributed by atoms with Crippen LogP contribution in [0.25, 0.3) is 0 Å². The van der Waals surface area contributed by atoms with Crippen molar-refractivity contribution in [1.82, 2.24) is 14.9 Å². The first kappa shape index (κ1) is 25.0. The van der Waals surface area contributed by atoms with E-state index in [0.717, 1.165) is 11.3 Å². The van der Waals surface area contributed by atoms with Crippen LogP contribution in [0.5, 0.6) is 11.6 Å². The zero-order chi connectivity index (χ0) is 25.4. The predicted molar refractivity (Wildman–Crippen MR) is 130 cm³/mol. The second-order valence-electron chi connectivity index (χ2n) is 9.78. The smallest absolute Gasteiger partial charge is 0.410 e. The number of anilines is 2. The van der Waals surface area contributed by atoms with Gasteiger partial charge in [0.25, 0.3) is 5.88 Å². The molecule has 35 heavy (non-hydrogen) atoms. The molecular formula is C24H32N4O6S. The van der Waals surface area contributed by atoms with E-state index < -0.39 is 15.4 Å². The number of benzene rings is 1. The van der Waals surface area contributed by atoms with Gasteiger partial charge in [-0.05, 0) is 51.0 Å². The topological polar surface area (TPSA) is 111 Å². The standard InChI is InChI=1S/C24H32N4O6S/c1-24(2,3)34-23(29)27-11-9-17(10-12-27)33-22-20(32-4)21(25-15-26-22)28-13-8-16-14-18(35(5,30)31)6-7-19(16)28/h6-7,14-15,17H,8-13H2,1-5H3. The van der Waals surface area contributed by atoms with Crippen LogP contribution in [-0.2, 0) is 21.0 Å². The van der Waals surface area contributed by atoms with Gasteiger partial charge in [0, 0.05) is 44.4 Å². The molecule has 1 aromatic carbocycles. The van der Waals surface area contributed by atoms with Crippen molar-refractivity contribution in [3.05, 3.63) is 30.1 Å². The zero-order valence-electron chi connectivity index (χ0n) is 20.8. The third kappa shape index (κ3) is 5.61. The lowest BCUT2D eigenvalue weighted by Crippen LogP contribution is -2.44. The summed E-state index contributed by atoms with van der Waals surface area (Å²) in [5.74, 6) is 1.33. The largest absolute Gasteiger partial charge is 0.489 e. The van der Waals surface area contributed by atoms with Gasteiger partial charge in [0.15, 0.2) is 15.7 Å². The molecule has 0 radical (unpaired) electrons. The van der Waals surface area contributed by atoms with Crippen LogP contribution in [0.4, 0.5) is 16.3 Å². The Morgan fingerprint density at radius 2 is 1.83 bits per heavy atom. The van der Waals surface area contributed by atoms with E-state index in [1.807, 2.05) is 25.7 Å². The Hall–Kier alpha value is -3.08. The molecule has 2 aliphatic heterocycles. The summed E-state index contributed by atoms with van der Waals surface area (Å²) in [6.45, 7) is 7.24. The van der Waals surface area contributed by atoms with Crippen molar-refractivity contribution >= 4 is 27.4 Å². The average Bonchev–Trinajstić information content (AvgIpc) is 3.21. The molecule has 2 aromatic rings. The molecule has 1 amide bonds. The fourth-order valence-corrected chi connectivity index (χ4v) is 4.94. The van der Waals surface area contributed by atoms with Gasteiger partial charge in [0.2, 0.25) is 5.75 Å². The molecule has 0 bridgehead atoms. The van der Waals surface area contributed by atoms with E-state index in [2.05, 4.69) is 9.97 Å². The summed E-state index contributed by atoms with van der Waals surface area (Å²) in [4.78, 5) is 25.1. The molecule has 3 heterocycles. The number of sulfone groups is 1. The van der Waals surface area contributed by atoms with E-state index in [-0.39, 0.29) is 12.2 Å². The summed E-state index contributed by atoms with van der Waals surface area (Å²) < 4.78 is 41.2. The minimum Gasteiger partial charge on any atom is -0.489 e. The number of fused-ring (bicyclic) bond motifs is 1. The van der Waals surface area contributed by atoms with Crippen molar-refractivity contribution in [1.29, 1.82) is 0 Å². The number of ether oxygens (including phenoxy) is 3. The van der Waals surface area contributed by atoms with E-state index in [1.165, 1.54) is 12.6 Å². The lowest BCUT2D eigenvalue weighted by atomic mass is 10.1. The quantitative estimate of drug-likeness (QED) is 0.605. The monoisotopic (exact) mass is 504 g/mol. The first-order chi connectivity index (χ1) is 16.5. The highest BCUT2D eigenvalue weighted by Crippen LogP contribution is 2.42. The van der Waals surface area contributed by atoms with Gasteiger partial charge >= 0.3 is 6.09 Å². The summed E-state index contributed by atoms with van der Waals surface area (Å²) >= 11 is 0. The number of nitrogens with zero attached hydrogens (tertiary/aromatic N) is 4. The third-order valence-corrected chi connectivity index (χ3v) is 7.07. The van der Waals surface area contributed by atoms with E-state index in [1.54, 1.807) is 30.2 Å². The van der Waals surface area contributed by atoms with Gasteiger partial charge in [0.05, 0.1) is 12.0 Å². The van der Waals surface area contributed by atoms with Crippen molar-refractivity contribution in [2.75, 3.05) is 37.9 Å². The zero-order valence-corrected chi connectivity index (χ0v) is 21.6. The summed E-state index contributed by atoms with van der Waals surface area (Å²) in [7, 11) is -1.74. The van der Waals surface area contributed by atoms with E-state index in [0.29, 0.717) is 61.2 Å². The van der Waals surface area contributed by atoms with Crippen LogP contribution in [0.2, 0.25) is 0 Å². The first-order valence-corrected chi connectivity index (χ1v) is 13.5. The second-order valence-corrected chi connectivity index (χ2v) is 11.8. The van der Waals surface area contributed by atoms with Crippen LogP contribution < -0.4 is 14.4 Å². The predicted octanol–water partition coefficient (Wildman–Crippen LogP) is 3.36. The Labute approximate surface area is 206 Å². The Balaban J connectivity index is 1.49. The molecule has 0 spiro atoms. The molecule has 10 nitrogen and oxygen atoms in total. The Morgan fingerprint density at radius 1 is 1.11 bits per heavy atom. The first-order valence-electron chi connectivity index (χ1n) is 11.6. The number of aromatic nitrogens is 2. The lowest BCUT2D eigenvalue weighted by molar-refractivity contribution is 0.0120.